The van der Waals surface area contributed by atoms with Crippen LogP contribution < -0.4 is 5.32 Å². The molecule has 0 aliphatic carbocycles. The van der Waals surface area contributed by atoms with Crippen LogP contribution in [-0.2, 0) is 13.0 Å². The average Bonchev–Trinajstić information content (AvgIpc) is 3.04. The summed E-state index contributed by atoms with van der Waals surface area (Å²) in [5, 5.41) is 12.2. The normalized spacial score (nSPS) is 12.5. The van der Waals surface area contributed by atoms with Crippen LogP contribution in [0, 0.1) is 0 Å². The first-order valence-electron chi connectivity index (χ1n) is 6.22. The van der Waals surface area contributed by atoms with Gasteiger partial charge >= 0.3 is 5.97 Å². The Bertz CT molecular complexity index is 515. The Morgan fingerprint density at radius 1 is 1.37 bits per heavy atom. The number of carboxylic acid groups (broad SMARTS) is 1. The monoisotopic (exact) mass is 263 g/mol. The fourth-order valence-corrected chi connectivity index (χ4v) is 1.85. The number of hydrogen-bond acceptors (Lipinski definition) is 4. The van der Waals surface area contributed by atoms with Gasteiger partial charge in [-0.3, -0.25) is 0 Å². The molecule has 2 N–H and O–H groups in total. The molecular formula is C14H17NO4. The molecule has 2 rings (SSSR count). The second-order valence-corrected chi connectivity index (χ2v) is 4.46. The molecule has 5 nitrogen and oxygen atoms in total. The first-order valence-corrected chi connectivity index (χ1v) is 6.22. The third kappa shape index (κ3) is 3.72. The Kier molecular flexibility index (Phi) is 4.41. The maximum atomic E-state index is 10.9. The minimum absolute atomic E-state index is 0.214. The van der Waals surface area contributed by atoms with Gasteiger partial charge in [-0.05, 0) is 31.5 Å². The van der Waals surface area contributed by atoms with Gasteiger partial charge in [-0.2, -0.15) is 0 Å². The molecular weight excluding hydrogens is 246 g/mol. The van der Waals surface area contributed by atoms with Crippen molar-refractivity contribution in [2.24, 2.45) is 0 Å². The van der Waals surface area contributed by atoms with Gasteiger partial charge < -0.3 is 19.3 Å². The van der Waals surface area contributed by atoms with Crippen molar-refractivity contribution < 1.29 is 18.7 Å². The quantitative estimate of drug-likeness (QED) is 0.803. The third-order valence-electron chi connectivity index (χ3n) is 2.99. The van der Waals surface area contributed by atoms with Crippen LogP contribution in [0.3, 0.4) is 0 Å². The van der Waals surface area contributed by atoms with Gasteiger partial charge in [-0.1, -0.05) is 0 Å². The van der Waals surface area contributed by atoms with E-state index < -0.39 is 5.97 Å². The first kappa shape index (κ1) is 13.4. The Hall–Kier alpha value is -2.01. The molecule has 1 atom stereocenters. The third-order valence-corrected chi connectivity index (χ3v) is 2.99. The van der Waals surface area contributed by atoms with Crippen LogP contribution in [0.25, 0.3) is 0 Å². The van der Waals surface area contributed by atoms with Crippen LogP contribution in [0.15, 0.2) is 39.6 Å². The zero-order chi connectivity index (χ0) is 13.7. The highest BCUT2D eigenvalue weighted by atomic mass is 16.4. The van der Waals surface area contributed by atoms with Crippen molar-refractivity contribution in [2.45, 2.75) is 32.4 Å². The molecule has 0 bridgehead atoms. The van der Waals surface area contributed by atoms with E-state index in [9.17, 15) is 4.79 Å². The highest BCUT2D eigenvalue weighted by molar-refractivity contribution is 5.88. The maximum Gasteiger partial charge on any atom is 0.339 e. The van der Waals surface area contributed by atoms with E-state index in [2.05, 4.69) is 5.32 Å². The van der Waals surface area contributed by atoms with E-state index in [4.69, 9.17) is 13.9 Å². The van der Waals surface area contributed by atoms with Gasteiger partial charge in [0.2, 0.25) is 0 Å². The van der Waals surface area contributed by atoms with Crippen LogP contribution in [0.1, 0.15) is 35.2 Å². The summed E-state index contributed by atoms with van der Waals surface area (Å²) in [5.74, 6) is 0.448. The SMILES string of the molecule is CC(CCc1ccco1)NCc1occc1C(=O)O. The van der Waals surface area contributed by atoms with Gasteiger partial charge in [-0.25, -0.2) is 4.79 Å². The first-order chi connectivity index (χ1) is 9.16. The molecule has 5 heteroatoms. The molecule has 2 aromatic rings. The van der Waals surface area contributed by atoms with Crippen LogP contribution in [0.4, 0.5) is 0 Å². The number of aromatic carboxylic acids is 1. The fraction of sp³-hybridized carbons (Fsp3) is 0.357. The van der Waals surface area contributed by atoms with Crippen LogP contribution in [0.2, 0.25) is 0 Å². The highest BCUT2D eigenvalue weighted by Gasteiger charge is 2.13. The molecule has 0 saturated heterocycles. The predicted molar refractivity (Wildman–Crippen MR) is 69.0 cm³/mol. The highest BCUT2D eigenvalue weighted by Crippen LogP contribution is 2.11. The summed E-state index contributed by atoms with van der Waals surface area (Å²) in [5.41, 5.74) is 0.214. The maximum absolute atomic E-state index is 10.9. The van der Waals surface area contributed by atoms with Crippen LogP contribution >= 0.6 is 0 Å². The van der Waals surface area contributed by atoms with E-state index in [1.165, 1.54) is 12.3 Å². The smallest absolute Gasteiger partial charge is 0.339 e. The van der Waals surface area contributed by atoms with E-state index >= 15 is 0 Å². The van der Waals surface area contributed by atoms with Crippen molar-refractivity contribution in [1.29, 1.82) is 0 Å². The Labute approximate surface area is 111 Å². The van der Waals surface area contributed by atoms with Gasteiger partial charge in [0, 0.05) is 12.5 Å². The van der Waals surface area contributed by atoms with Gasteiger partial charge in [0.25, 0.3) is 0 Å². The molecule has 102 valence electrons. The van der Waals surface area contributed by atoms with Crippen LogP contribution in [0.5, 0.6) is 0 Å². The predicted octanol–water partition coefficient (Wildman–Crippen LogP) is 2.68. The molecule has 0 fully saturated rings. The Morgan fingerprint density at radius 2 is 2.21 bits per heavy atom. The lowest BCUT2D eigenvalue weighted by Gasteiger charge is -2.12. The lowest BCUT2D eigenvalue weighted by molar-refractivity contribution is 0.0694. The standard InChI is InChI=1S/C14H17NO4/c1-10(4-5-11-3-2-7-18-11)15-9-13-12(14(16)17)6-8-19-13/h2-3,6-8,10,15H,4-5,9H2,1H3,(H,16,17). The molecule has 0 aliphatic heterocycles. The Morgan fingerprint density at radius 3 is 2.89 bits per heavy atom. The number of carbonyl (C=O) groups is 1. The number of carboxylic acids is 1. The summed E-state index contributed by atoms with van der Waals surface area (Å²) in [6, 6.07) is 5.53. The molecule has 0 amide bonds. The number of hydrogen-bond donors (Lipinski definition) is 2. The second kappa shape index (κ2) is 6.24. The number of rotatable bonds is 7. The fourth-order valence-electron chi connectivity index (χ4n) is 1.85. The van der Waals surface area contributed by atoms with Gasteiger partial charge in [0.1, 0.15) is 17.1 Å². The van der Waals surface area contributed by atoms with Gasteiger partial charge in [0.05, 0.1) is 19.1 Å². The van der Waals surface area contributed by atoms with Crippen molar-refractivity contribution in [3.05, 3.63) is 47.8 Å². The molecule has 0 aliphatic rings. The summed E-state index contributed by atoms with van der Waals surface area (Å²) in [6.07, 6.45) is 4.82. The lowest BCUT2D eigenvalue weighted by Crippen LogP contribution is -2.26. The van der Waals surface area contributed by atoms with E-state index in [0.29, 0.717) is 12.3 Å². The van der Waals surface area contributed by atoms with Crippen LogP contribution in [-0.4, -0.2) is 17.1 Å². The Balaban J connectivity index is 1.78. The molecule has 2 aromatic heterocycles. The largest absolute Gasteiger partial charge is 0.478 e. The summed E-state index contributed by atoms with van der Waals surface area (Å²) >= 11 is 0. The summed E-state index contributed by atoms with van der Waals surface area (Å²) in [6.45, 7) is 2.46. The molecule has 0 radical (unpaired) electrons. The number of furan rings is 2. The van der Waals surface area contributed by atoms with Crippen molar-refractivity contribution in [2.75, 3.05) is 0 Å². The molecule has 0 saturated carbocycles. The zero-order valence-electron chi connectivity index (χ0n) is 10.8. The van der Waals surface area contributed by atoms with E-state index in [-0.39, 0.29) is 11.6 Å². The molecule has 0 spiro atoms. The minimum Gasteiger partial charge on any atom is -0.478 e. The van der Waals surface area contributed by atoms with E-state index in [1.807, 2.05) is 19.1 Å². The zero-order valence-corrected chi connectivity index (χ0v) is 10.8. The summed E-state index contributed by atoms with van der Waals surface area (Å²) in [4.78, 5) is 10.9. The van der Waals surface area contributed by atoms with E-state index in [1.54, 1.807) is 6.26 Å². The molecule has 0 aromatic carbocycles. The van der Waals surface area contributed by atoms with Crippen molar-refractivity contribution in [3.63, 3.8) is 0 Å². The average molecular weight is 263 g/mol. The molecule has 2 heterocycles. The molecule has 19 heavy (non-hydrogen) atoms. The van der Waals surface area contributed by atoms with Gasteiger partial charge in [-0.15, -0.1) is 0 Å². The van der Waals surface area contributed by atoms with Gasteiger partial charge in [0.15, 0.2) is 0 Å². The second-order valence-electron chi connectivity index (χ2n) is 4.46. The molecule has 1 unspecified atom stereocenters. The lowest BCUT2D eigenvalue weighted by atomic mass is 10.1. The minimum atomic E-state index is -0.964. The topological polar surface area (TPSA) is 75.6 Å². The number of aryl methyl sites for hydroxylation is 1. The summed E-state index contributed by atoms with van der Waals surface area (Å²) < 4.78 is 10.4. The van der Waals surface area contributed by atoms with E-state index in [0.717, 1.165) is 18.6 Å². The summed E-state index contributed by atoms with van der Waals surface area (Å²) in [7, 11) is 0. The van der Waals surface area contributed by atoms with Crippen molar-refractivity contribution in [3.8, 4) is 0 Å². The van der Waals surface area contributed by atoms with Crippen molar-refractivity contribution >= 4 is 5.97 Å². The number of nitrogens with one attached hydrogen (secondary N) is 1. The van der Waals surface area contributed by atoms with Crippen molar-refractivity contribution in [1.82, 2.24) is 5.32 Å².